The quantitative estimate of drug-likeness (QED) is 0.528. The third-order valence-corrected chi connectivity index (χ3v) is 3.19. The van der Waals surface area contributed by atoms with Gasteiger partial charge in [0, 0.05) is 11.1 Å². The molecule has 2 aromatic carbocycles. The van der Waals surface area contributed by atoms with Gasteiger partial charge in [-0.25, -0.2) is 0 Å². The van der Waals surface area contributed by atoms with Gasteiger partial charge in [-0.2, -0.15) is 26.3 Å². The molecule has 2 rings (SSSR count). The Morgan fingerprint density at radius 1 is 0.560 bits per heavy atom. The molecule has 0 saturated carbocycles. The molecule has 0 aliphatic rings. The van der Waals surface area contributed by atoms with Gasteiger partial charge in [0.25, 0.3) is 0 Å². The number of alkyl halides is 6. The van der Waals surface area contributed by atoms with Crippen LogP contribution < -0.4 is 0 Å². The summed E-state index contributed by atoms with van der Waals surface area (Å²) in [6.45, 7) is -3.54. The van der Waals surface area contributed by atoms with E-state index in [1.54, 1.807) is 12.1 Å². The van der Waals surface area contributed by atoms with Gasteiger partial charge >= 0.3 is 12.4 Å². The van der Waals surface area contributed by atoms with E-state index in [1.807, 2.05) is 0 Å². The van der Waals surface area contributed by atoms with Gasteiger partial charge in [-0.15, -0.1) is 0 Å². The van der Waals surface area contributed by atoms with Crippen LogP contribution in [0.3, 0.4) is 0 Å². The van der Waals surface area contributed by atoms with E-state index in [1.165, 1.54) is 48.5 Å². The highest BCUT2D eigenvalue weighted by Gasteiger charge is 2.44. The first-order valence-electron chi connectivity index (χ1n) is 7.15. The Labute approximate surface area is 140 Å². The highest BCUT2D eigenvalue weighted by Crippen LogP contribution is 2.38. The standard InChI is InChI=1S/C17H14F6O2/c18-15(19,20)11-24-17(25-12-16(21,22)23,13-7-3-1-4-8-13)14-9-5-2-6-10-14/h1-10H,11-12H2. The lowest BCUT2D eigenvalue weighted by Crippen LogP contribution is -2.40. The summed E-state index contributed by atoms with van der Waals surface area (Å²) in [6.07, 6.45) is -9.48. The van der Waals surface area contributed by atoms with E-state index in [0.29, 0.717) is 0 Å². The van der Waals surface area contributed by atoms with Crippen molar-refractivity contribution in [1.82, 2.24) is 0 Å². The molecule has 0 N–H and O–H groups in total. The zero-order valence-electron chi connectivity index (χ0n) is 12.8. The zero-order chi connectivity index (χ0) is 18.6. The summed E-state index contributed by atoms with van der Waals surface area (Å²) >= 11 is 0. The summed E-state index contributed by atoms with van der Waals surface area (Å²) in [6, 6.07) is 14.4. The minimum Gasteiger partial charge on any atom is -0.333 e. The summed E-state index contributed by atoms with van der Waals surface area (Å²) in [7, 11) is 0. The topological polar surface area (TPSA) is 18.5 Å². The predicted octanol–water partition coefficient (Wildman–Crippen LogP) is 5.05. The first-order chi connectivity index (χ1) is 11.6. The normalized spacial score (nSPS) is 13.0. The Bertz CT molecular complexity index is 593. The average molecular weight is 364 g/mol. The second-order valence-corrected chi connectivity index (χ2v) is 5.16. The average Bonchev–Trinajstić information content (AvgIpc) is 2.55. The molecule has 0 unspecified atom stereocenters. The number of hydrogen-bond acceptors (Lipinski definition) is 2. The number of rotatable bonds is 6. The van der Waals surface area contributed by atoms with Crippen LogP contribution >= 0.6 is 0 Å². The molecule has 0 radical (unpaired) electrons. The summed E-state index contributed by atoms with van der Waals surface area (Å²) in [4.78, 5) is 0. The molecule has 0 saturated heterocycles. The van der Waals surface area contributed by atoms with Crippen LogP contribution in [0.25, 0.3) is 0 Å². The smallest absolute Gasteiger partial charge is 0.333 e. The van der Waals surface area contributed by atoms with Crippen LogP contribution in [0.1, 0.15) is 11.1 Å². The minimum atomic E-state index is -4.74. The van der Waals surface area contributed by atoms with E-state index in [-0.39, 0.29) is 11.1 Å². The van der Waals surface area contributed by atoms with E-state index in [0.717, 1.165) is 0 Å². The molecule has 0 aliphatic heterocycles. The fourth-order valence-electron chi connectivity index (χ4n) is 2.22. The lowest BCUT2D eigenvalue weighted by Gasteiger charge is -2.35. The molecule has 0 atom stereocenters. The maximum atomic E-state index is 12.7. The van der Waals surface area contributed by atoms with Crippen molar-refractivity contribution in [3.8, 4) is 0 Å². The fraction of sp³-hybridized carbons (Fsp3) is 0.294. The summed E-state index contributed by atoms with van der Waals surface area (Å²) in [5.74, 6) is -2.34. The molecule has 0 aromatic heterocycles. The van der Waals surface area contributed by atoms with E-state index >= 15 is 0 Å². The van der Waals surface area contributed by atoms with Gasteiger partial charge in [0.2, 0.25) is 5.79 Å². The van der Waals surface area contributed by atoms with Crippen LogP contribution in [-0.2, 0) is 15.3 Å². The van der Waals surface area contributed by atoms with Gasteiger partial charge < -0.3 is 9.47 Å². The molecule has 136 valence electrons. The third kappa shape index (κ3) is 5.47. The largest absolute Gasteiger partial charge is 0.411 e. The lowest BCUT2D eigenvalue weighted by atomic mass is 9.97. The molecule has 8 heteroatoms. The SMILES string of the molecule is FC(F)(F)COC(OCC(F)(F)F)(c1ccccc1)c1ccccc1. The Morgan fingerprint density at radius 2 is 0.880 bits per heavy atom. The van der Waals surface area contributed by atoms with Crippen molar-refractivity contribution in [3.05, 3.63) is 71.8 Å². The molecular weight excluding hydrogens is 350 g/mol. The maximum absolute atomic E-state index is 12.7. The first kappa shape index (κ1) is 19.3. The molecular formula is C17H14F6O2. The molecule has 0 aliphatic carbocycles. The molecule has 0 fully saturated rings. The number of hydrogen-bond donors (Lipinski definition) is 0. The van der Waals surface area contributed by atoms with E-state index in [2.05, 4.69) is 0 Å². The van der Waals surface area contributed by atoms with Crippen LogP contribution in [0, 0.1) is 0 Å². The van der Waals surface area contributed by atoms with Gasteiger partial charge in [-0.05, 0) is 0 Å². The highest BCUT2D eigenvalue weighted by molar-refractivity contribution is 5.33. The Morgan fingerprint density at radius 3 is 1.16 bits per heavy atom. The predicted molar refractivity (Wildman–Crippen MR) is 77.7 cm³/mol. The second-order valence-electron chi connectivity index (χ2n) is 5.16. The molecule has 0 amide bonds. The molecule has 0 spiro atoms. The molecule has 0 heterocycles. The van der Waals surface area contributed by atoms with Crippen LogP contribution in [0.5, 0.6) is 0 Å². The Kier molecular flexibility index (Phi) is 5.74. The van der Waals surface area contributed by atoms with Crippen molar-refractivity contribution in [2.75, 3.05) is 13.2 Å². The van der Waals surface area contributed by atoms with Crippen molar-refractivity contribution in [1.29, 1.82) is 0 Å². The van der Waals surface area contributed by atoms with Crippen molar-refractivity contribution >= 4 is 0 Å². The van der Waals surface area contributed by atoms with Gasteiger partial charge in [-0.3, -0.25) is 0 Å². The summed E-state index contributed by atoms with van der Waals surface area (Å²) in [5, 5.41) is 0. The van der Waals surface area contributed by atoms with Crippen molar-refractivity contribution in [2.45, 2.75) is 18.1 Å². The Balaban J connectivity index is 2.52. The van der Waals surface area contributed by atoms with Crippen molar-refractivity contribution < 1.29 is 35.8 Å². The molecule has 25 heavy (non-hydrogen) atoms. The maximum Gasteiger partial charge on any atom is 0.411 e. The monoisotopic (exact) mass is 364 g/mol. The molecule has 2 nitrogen and oxygen atoms in total. The molecule has 0 bridgehead atoms. The van der Waals surface area contributed by atoms with Gasteiger partial charge in [-0.1, -0.05) is 60.7 Å². The third-order valence-electron chi connectivity index (χ3n) is 3.19. The molecule has 2 aromatic rings. The Hall–Kier alpha value is -2.06. The number of benzene rings is 2. The minimum absolute atomic E-state index is 0.0229. The summed E-state index contributed by atoms with van der Waals surface area (Å²) < 4.78 is 86.0. The lowest BCUT2D eigenvalue weighted by molar-refractivity contribution is -0.300. The fourth-order valence-corrected chi connectivity index (χ4v) is 2.22. The van der Waals surface area contributed by atoms with Crippen LogP contribution in [0.15, 0.2) is 60.7 Å². The number of halogens is 6. The van der Waals surface area contributed by atoms with Crippen LogP contribution in [-0.4, -0.2) is 25.6 Å². The summed E-state index contributed by atoms with van der Waals surface area (Å²) in [5.41, 5.74) is 0.0457. The number of ether oxygens (including phenoxy) is 2. The van der Waals surface area contributed by atoms with Gasteiger partial charge in [0.15, 0.2) is 0 Å². The van der Waals surface area contributed by atoms with E-state index in [9.17, 15) is 26.3 Å². The van der Waals surface area contributed by atoms with Crippen LogP contribution in [0.4, 0.5) is 26.3 Å². The van der Waals surface area contributed by atoms with Crippen molar-refractivity contribution in [3.63, 3.8) is 0 Å². The van der Waals surface area contributed by atoms with E-state index in [4.69, 9.17) is 9.47 Å². The zero-order valence-corrected chi connectivity index (χ0v) is 12.8. The van der Waals surface area contributed by atoms with Gasteiger partial charge in [0.05, 0.1) is 0 Å². The highest BCUT2D eigenvalue weighted by atomic mass is 19.4. The van der Waals surface area contributed by atoms with Gasteiger partial charge in [0.1, 0.15) is 13.2 Å². The van der Waals surface area contributed by atoms with Crippen molar-refractivity contribution in [2.24, 2.45) is 0 Å². The van der Waals surface area contributed by atoms with Crippen LogP contribution in [0.2, 0.25) is 0 Å². The van der Waals surface area contributed by atoms with E-state index < -0.39 is 31.4 Å². The second kappa shape index (κ2) is 7.45. The first-order valence-corrected chi connectivity index (χ1v) is 7.15.